The molecular weight excluding hydrogens is 437 g/mol. The first-order valence-electron chi connectivity index (χ1n) is 9.23. The van der Waals surface area contributed by atoms with Crippen LogP contribution in [0.4, 0.5) is 0 Å². The highest BCUT2D eigenvalue weighted by molar-refractivity contribution is 14.0. The van der Waals surface area contributed by atoms with E-state index in [1.54, 1.807) is 0 Å². The Kier molecular flexibility index (Phi) is 7.93. The molecule has 0 aliphatic heterocycles. The van der Waals surface area contributed by atoms with Crippen LogP contribution in [-0.2, 0) is 19.4 Å². The molecule has 0 radical (unpaired) electrons. The van der Waals surface area contributed by atoms with Crippen LogP contribution in [0.3, 0.4) is 0 Å². The summed E-state index contributed by atoms with van der Waals surface area (Å²) in [7, 11) is 1.81. The molecule has 0 bridgehead atoms. The van der Waals surface area contributed by atoms with E-state index >= 15 is 0 Å². The van der Waals surface area contributed by atoms with E-state index in [1.807, 2.05) is 24.1 Å². The van der Waals surface area contributed by atoms with Gasteiger partial charge < -0.3 is 10.6 Å². The first kappa shape index (κ1) is 20.7. The summed E-state index contributed by atoms with van der Waals surface area (Å²) in [6, 6.07) is 7.15. The van der Waals surface area contributed by atoms with Crippen molar-refractivity contribution < 1.29 is 0 Å². The number of aliphatic imine (C=N–C) groups is 1. The normalized spacial score (nSPS) is 15.0. The van der Waals surface area contributed by atoms with Gasteiger partial charge in [0.2, 0.25) is 0 Å². The van der Waals surface area contributed by atoms with Gasteiger partial charge in [-0.05, 0) is 61.8 Å². The minimum atomic E-state index is 0. The fourth-order valence-electron chi connectivity index (χ4n) is 3.38. The number of aromatic nitrogens is 2. The molecule has 0 fully saturated rings. The second-order valence-electron chi connectivity index (χ2n) is 6.88. The number of aryl methyl sites for hydroxylation is 3. The number of halogens is 1. The summed E-state index contributed by atoms with van der Waals surface area (Å²) >= 11 is 0. The Morgan fingerprint density at radius 3 is 2.73 bits per heavy atom. The molecule has 2 aromatic rings. The summed E-state index contributed by atoms with van der Waals surface area (Å²) in [5, 5.41) is 11.2. The van der Waals surface area contributed by atoms with E-state index < -0.39 is 0 Å². The van der Waals surface area contributed by atoms with Gasteiger partial charge in [0.1, 0.15) is 0 Å². The Hall–Kier alpha value is -1.57. The number of hydrogen-bond donors (Lipinski definition) is 2. The third-order valence-electron chi connectivity index (χ3n) is 4.85. The van der Waals surface area contributed by atoms with Gasteiger partial charge in [-0.15, -0.1) is 24.0 Å². The number of nitrogens with zero attached hydrogens (tertiary/aromatic N) is 3. The van der Waals surface area contributed by atoms with Gasteiger partial charge in [-0.1, -0.05) is 18.2 Å². The maximum atomic E-state index is 4.34. The molecule has 1 heterocycles. The predicted molar refractivity (Wildman–Crippen MR) is 118 cm³/mol. The standard InChI is InChI=1S/C20H29N5.HI/c1-15-13-23-25(14-15)11-10-22-20(21-3)24-16(2)18-9-8-17-6-4-5-7-19(17)12-18;/h8-9,12-14,16H,4-7,10-11H2,1-3H3,(H2,21,22,24);1H. The number of nitrogens with one attached hydrogen (secondary N) is 2. The molecule has 1 unspecified atom stereocenters. The predicted octanol–water partition coefficient (Wildman–Crippen LogP) is 3.61. The third-order valence-corrected chi connectivity index (χ3v) is 4.85. The molecule has 1 aliphatic carbocycles. The lowest BCUT2D eigenvalue weighted by molar-refractivity contribution is 0.590. The van der Waals surface area contributed by atoms with Crippen molar-refractivity contribution in [3.63, 3.8) is 0 Å². The van der Waals surface area contributed by atoms with Crippen molar-refractivity contribution in [3.8, 4) is 0 Å². The maximum Gasteiger partial charge on any atom is 0.191 e. The number of fused-ring (bicyclic) bond motifs is 1. The Bertz CT molecular complexity index is 738. The molecule has 142 valence electrons. The van der Waals surface area contributed by atoms with Gasteiger partial charge in [0.25, 0.3) is 0 Å². The van der Waals surface area contributed by atoms with E-state index in [2.05, 4.69) is 52.8 Å². The van der Waals surface area contributed by atoms with Crippen molar-refractivity contribution in [1.82, 2.24) is 20.4 Å². The van der Waals surface area contributed by atoms with Gasteiger partial charge in [-0.2, -0.15) is 5.10 Å². The molecule has 0 amide bonds. The van der Waals surface area contributed by atoms with Crippen LogP contribution in [0, 0.1) is 6.92 Å². The third kappa shape index (κ3) is 5.46. The summed E-state index contributed by atoms with van der Waals surface area (Å²) in [6.45, 7) is 5.85. The van der Waals surface area contributed by atoms with Crippen molar-refractivity contribution in [2.45, 2.75) is 52.1 Å². The molecule has 5 nitrogen and oxygen atoms in total. The number of hydrogen-bond acceptors (Lipinski definition) is 2. The number of benzene rings is 1. The van der Waals surface area contributed by atoms with Crippen LogP contribution in [0.1, 0.15) is 48.1 Å². The molecule has 0 saturated heterocycles. The highest BCUT2D eigenvalue weighted by Gasteiger charge is 2.13. The maximum absolute atomic E-state index is 4.34. The van der Waals surface area contributed by atoms with Crippen molar-refractivity contribution in [3.05, 3.63) is 52.8 Å². The largest absolute Gasteiger partial charge is 0.355 e. The van der Waals surface area contributed by atoms with E-state index in [1.165, 1.54) is 47.9 Å². The summed E-state index contributed by atoms with van der Waals surface area (Å²) in [5.74, 6) is 0.828. The first-order chi connectivity index (χ1) is 12.2. The lowest BCUT2D eigenvalue weighted by Gasteiger charge is -2.21. The lowest BCUT2D eigenvalue weighted by Crippen LogP contribution is -2.40. The summed E-state index contributed by atoms with van der Waals surface area (Å²) in [4.78, 5) is 4.34. The molecular formula is C20H30IN5. The minimum absolute atomic E-state index is 0. The van der Waals surface area contributed by atoms with Crippen LogP contribution in [0.15, 0.2) is 35.6 Å². The zero-order valence-corrected chi connectivity index (χ0v) is 18.3. The second-order valence-corrected chi connectivity index (χ2v) is 6.88. The Balaban J connectivity index is 0.00000243. The van der Waals surface area contributed by atoms with E-state index in [4.69, 9.17) is 0 Å². The van der Waals surface area contributed by atoms with Gasteiger partial charge in [0.05, 0.1) is 18.8 Å². The van der Waals surface area contributed by atoms with Gasteiger partial charge in [-0.3, -0.25) is 9.67 Å². The zero-order chi connectivity index (χ0) is 17.6. The summed E-state index contributed by atoms with van der Waals surface area (Å²) in [6.07, 6.45) is 9.01. The summed E-state index contributed by atoms with van der Waals surface area (Å²) < 4.78 is 1.95. The van der Waals surface area contributed by atoms with Crippen LogP contribution in [0.25, 0.3) is 0 Å². The van der Waals surface area contributed by atoms with E-state index in [0.717, 1.165) is 19.0 Å². The summed E-state index contributed by atoms with van der Waals surface area (Å²) in [5.41, 5.74) is 5.56. The average Bonchev–Trinajstić information content (AvgIpc) is 3.05. The van der Waals surface area contributed by atoms with Crippen LogP contribution in [-0.4, -0.2) is 29.3 Å². The van der Waals surface area contributed by atoms with Crippen LogP contribution in [0.2, 0.25) is 0 Å². The Morgan fingerprint density at radius 2 is 2.04 bits per heavy atom. The van der Waals surface area contributed by atoms with E-state index in [-0.39, 0.29) is 30.0 Å². The van der Waals surface area contributed by atoms with Crippen molar-refractivity contribution >= 4 is 29.9 Å². The van der Waals surface area contributed by atoms with Crippen molar-refractivity contribution in [1.29, 1.82) is 0 Å². The van der Waals surface area contributed by atoms with Gasteiger partial charge >= 0.3 is 0 Å². The molecule has 1 aromatic heterocycles. The topological polar surface area (TPSA) is 54.2 Å². The molecule has 1 aromatic carbocycles. The molecule has 0 spiro atoms. The highest BCUT2D eigenvalue weighted by Crippen LogP contribution is 2.24. The first-order valence-corrected chi connectivity index (χ1v) is 9.23. The smallest absolute Gasteiger partial charge is 0.191 e. The Morgan fingerprint density at radius 1 is 1.27 bits per heavy atom. The molecule has 1 atom stereocenters. The van der Waals surface area contributed by atoms with Crippen LogP contribution >= 0.6 is 24.0 Å². The van der Waals surface area contributed by atoms with Crippen molar-refractivity contribution in [2.24, 2.45) is 4.99 Å². The van der Waals surface area contributed by atoms with Gasteiger partial charge in [0.15, 0.2) is 5.96 Å². The quantitative estimate of drug-likeness (QED) is 0.402. The average molecular weight is 467 g/mol. The highest BCUT2D eigenvalue weighted by atomic mass is 127. The minimum Gasteiger partial charge on any atom is -0.355 e. The van der Waals surface area contributed by atoms with Crippen molar-refractivity contribution in [2.75, 3.05) is 13.6 Å². The number of rotatable bonds is 5. The fraction of sp³-hybridized carbons (Fsp3) is 0.500. The monoisotopic (exact) mass is 467 g/mol. The number of guanidine groups is 1. The van der Waals surface area contributed by atoms with E-state index in [9.17, 15) is 0 Å². The fourth-order valence-corrected chi connectivity index (χ4v) is 3.38. The lowest BCUT2D eigenvalue weighted by atomic mass is 9.89. The molecule has 2 N–H and O–H groups in total. The molecule has 6 heteroatoms. The van der Waals surface area contributed by atoms with Crippen LogP contribution in [0.5, 0.6) is 0 Å². The molecule has 26 heavy (non-hydrogen) atoms. The SMILES string of the molecule is CN=C(NCCn1cc(C)cn1)NC(C)c1ccc2c(c1)CCCC2.I. The van der Waals surface area contributed by atoms with Crippen LogP contribution < -0.4 is 10.6 Å². The molecule has 3 rings (SSSR count). The Labute approximate surface area is 173 Å². The van der Waals surface area contributed by atoms with E-state index in [0.29, 0.717) is 0 Å². The van der Waals surface area contributed by atoms with Gasteiger partial charge in [0, 0.05) is 19.8 Å². The molecule has 1 aliphatic rings. The van der Waals surface area contributed by atoms with Gasteiger partial charge in [-0.25, -0.2) is 0 Å². The zero-order valence-electron chi connectivity index (χ0n) is 16.0. The molecule has 0 saturated carbocycles. The second kappa shape index (κ2) is 9.94.